The molecule has 0 spiro atoms. The lowest BCUT2D eigenvalue weighted by Gasteiger charge is -2.44. The molecule has 0 aliphatic carbocycles. The second-order valence-electron chi connectivity index (χ2n) is 36.7. The molecule has 718 valence electrons. The number of ether oxygens (including phenoxy) is 7. The van der Waals surface area contributed by atoms with Gasteiger partial charge in [0.05, 0.1) is 89.7 Å². The first-order valence-corrected chi connectivity index (χ1v) is 50.3. The Morgan fingerprint density at radius 1 is 0.392 bits per heavy atom. The van der Waals surface area contributed by atoms with Gasteiger partial charge in [-0.3, -0.25) is 19.2 Å². The van der Waals surface area contributed by atoms with Gasteiger partial charge in [-0.15, -0.1) is 0 Å². The molecule has 21 nitrogen and oxygen atoms in total. The molecule has 16 atom stereocenters. The zero-order chi connectivity index (χ0) is 90.7. The molecule has 4 amide bonds. The fourth-order valence-electron chi connectivity index (χ4n) is 17.0. The Balaban J connectivity index is 0.000000557. The third-order valence-corrected chi connectivity index (χ3v) is 25.8. The summed E-state index contributed by atoms with van der Waals surface area (Å²) in [5.74, 6) is -0.341. The minimum atomic E-state index is -1.66. The lowest BCUT2D eigenvalue weighted by atomic mass is 9.79. The average Bonchev–Trinajstić information content (AvgIpc) is 0.818. The summed E-state index contributed by atoms with van der Waals surface area (Å²) in [4.78, 5) is 56.6. The molecule has 5 rings (SSSR count). The molecule has 21 heteroatoms. The second kappa shape index (κ2) is 72.7. The molecule has 2 aliphatic rings. The molecule has 8 N–H and O–H groups in total. The number of unbranched alkanes of at least 4 members (excludes halogenated alkanes) is 40. The van der Waals surface area contributed by atoms with Crippen molar-refractivity contribution in [2.24, 2.45) is 17.8 Å². The molecule has 2 heterocycles. The minimum absolute atomic E-state index is 0.0106. The number of carbonyl (C=O) groups is 4. The summed E-state index contributed by atoms with van der Waals surface area (Å²) in [6.07, 6.45) is 42.8. The SMILES string of the molecule is CCCCCCCCCCCCCC[C@@H](O)[C@@H](O)[C@H](CO[C@H]1OC(CO)[C@H](O)[C@H](O)C1O)NC(=O)CN(C)C(=O)CCCCCCCCCCCC.CCCCCCCCCCCCCC[C@@H](OCc1ccccc1)[C@@H](OCc1ccccc1)[C@H](CO[C@H]1OC(COCc2ccccc2)[C@H](C)[C@H](C)C1C)NC(=O)CN(C)C(=O)CCCCCCCCCCCC. The van der Waals surface area contributed by atoms with Crippen LogP contribution in [0, 0.1) is 17.8 Å². The van der Waals surface area contributed by atoms with Crippen molar-refractivity contribution in [1.29, 1.82) is 0 Å². The van der Waals surface area contributed by atoms with Gasteiger partial charge in [-0.05, 0) is 54.2 Å². The smallest absolute Gasteiger partial charge is 0.240 e. The number of nitrogens with one attached hydrogen (secondary N) is 2. The van der Waals surface area contributed by atoms with Crippen LogP contribution in [0.1, 0.15) is 373 Å². The van der Waals surface area contributed by atoms with Gasteiger partial charge in [0.1, 0.15) is 36.6 Å². The van der Waals surface area contributed by atoms with Gasteiger partial charge < -0.3 is 84.2 Å². The van der Waals surface area contributed by atoms with Crippen LogP contribution in [0.5, 0.6) is 0 Å². The van der Waals surface area contributed by atoms with Gasteiger partial charge in [0.15, 0.2) is 12.6 Å². The van der Waals surface area contributed by atoms with E-state index < -0.39 is 86.5 Å². The van der Waals surface area contributed by atoms with E-state index in [2.05, 4.69) is 95.5 Å². The molecule has 2 fully saturated rings. The van der Waals surface area contributed by atoms with E-state index in [0.717, 1.165) is 93.7 Å². The Morgan fingerprint density at radius 3 is 1.14 bits per heavy atom. The van der Waals surface area contributed by atoms with Crippen LogP contribution in [0.4, 0.5) is 0 Å². The average molecular weight is 1760 g/mol. The van der Waals surface area contributed by atoms with Crippen LogP contribution in [0.25, 0.3) is 0 Å². The number of hydrogen-bond donors (Lipinski definition) is 8. The van der Waals surface area contributed by atoms with Crippen LogP contribution in [-0.2, 0) is 72.2 Å². The Labute approximate surface area is 758 Å². The van der Waals surface area contributed by atoms with E-state index in [1.54, 1.807) is 19.0 Å². The van der Waals surface area contributed by atoms with Gasteiger partial charge in [-0.1, -0.05) is 409 Å². The first-order chi connectivity index (χ1) is 60.8. The first kappa shape index (κ1) is 112. The quantitative estimate of drug-likeness (QED) is 0.0244. The first-order valence-electron chi connectivity index (χ1n) is 50.3. The number of amides is 4. The maximum Gasteiger partial charge on any atom is 0.240 e. The van der Waals surface area contributed by atoms with E-state index in [-0.39, 0.29) is 61.5 Å². The molecule has 2 aliphatic heterocycles. The van der Waals surface area contributed by atoms with Crippen molar-refractivity contribution in [2.45, 2.75) is 456 Å². The van der Waals surface area contributed by atoms with E-state index in [4.69, 9.17) is 33.2 Å². The largest absolute Gasteiger partial charge is 0.394 e. The summed E-state index contributed by atoms with van der Waals surface area (Å²) in [5, 5.41) is 68.2. The molecular weight excluding hydrogens is 1580 g/mol. The predicted octanol–water partition coefficient (Wildman–Crippen LogP) is 20.2. The maximum atomic E-state index is 14.4. The van der Waals surface area contributed by atoms with E-state index >= 15 is 0 Å². The van der Waals surface area contributed by atoms with Crippen molar-refractivity contribution in [3.63, 3.8) is 0 Å². The summed E-state index contributed by atoms with van der Waals surface area (Å²) < 4.78 is 45.0. The molecular formula is C104H180N4O17. The summed E-state index contributed by atoms with van der Waals surface area (Å²) >= 11 is 0. The highest BCUT2D eigenvalue weighted by Gasteiger charge is 2.46. The molecule has 3 aromatic rings. The Bertz CT molecular complexity index is 3050. The number of carbonyl (C=O) groups excluding carboxylic acids is 4. The molecule has 125 heavy (non-hydrogen) atoms. The lowest BCUT2D eigenvalue weighted by molar-refractivity contribution is -0.303. The fourth-order valence-corrected chi connectivity index (χ4v) is 17.0. The highest BCUT2D eigenvalue weighted by atomic mass is 16.7. The van der Waals surface area contributed by atoms with Crippen molar-refractivity contribution in [3.05, 3.63) is 108 Å². The van der Waals surface area contributed by atoms with Gasteiger partial charge in [0.25, 0.3) is 0 Å². The zero-order valence-electron chi connectivity index (χ0n) is 79.8. The monoisotopic (exact) mass is 1760 g/mol. The van der Waals surface area contributed by atoms with Crippen LogP contribution in [-0.4, -0.2) is 197 Å². The number of hydrogen-bond acceptors (Lipinski definition) is 17. The van der Waals surface area contributed by atoms with Crippen molar-refractivity contribution in [1.82, 2.24) is 20.4 Å². The Hall–Kier alpha value is -4.98. The number of aliphatic hydroxyl groups excluding tert-OH is 6. The highest BCUT2D eigenvalue weighted by molar-refractivity contribution is 5.85. The minimum Gasteiger partial charge on any atom is -0.394 e. The molecule has 2 saturated heterocycles. The number of rotatable bonds is 75. The van der Waals surface area contributed by atoms with Gasteiger partial charge in [-0.25, -0.2) is 0 Å². The van der Waals surface area contributed by atoms with Crippen LogP contribution >= 0.6 is 0 Å². The highest BCUT2D eigenvalue weighted by Crippen LogP contribution is 2.37. The number of nitrogens with zero attached hydrogens (tertiary/aromatic N) is 2. The molecule has 0 aromatic heterocycles. The second-order valence-corrected chi connectivity index (χ2v) is 36.7. The van der Waals surface area contributed by atoms with E-state index in [1.165, 1.54) is 210 Å². The van der Waals surface area contributed by atoms with E-state index in [1.807, 2.05) is 54.6 Å². The van der Waals surface area contributed by atoms with Crippen molar-refractivity contribution in [2.75, 3.05) is 53.6 Å². The summed E-state index contributed by atoms with van der Waals surface area (Å²) in [6, 6.07) is 29.0. The van der Waals surface area contributed by atoms with Gasteiger partial charge >= 0.3 is 0 Å². The van der Waals surface area contributed by atoms with Gasteiger partial charge in [0, 0.05) is 32.9 Å². The number of likely N-dealkylation sites (N-methyl/N-ethyl adjacent to an activating group) is 2. The number of aliphatic hydroxyl groups is 6. The molecule has 0 saturated carbocycles. The number of benzene rings is 3. The van der Waals surface area contributed by atoms with Crippen molar-refractivity contribution < 1.29 is 83.0 Å². The zero-order valence-corrected chi connectivity index (χ0v) is 79.8. The van der Waals surface area contributed by atoms with E-state index in [0.29, 0.717) is 58.0 Å². The van der Waals surface area contributed by atoms with Gasteiger partial charge in [-0.2, -0.15) is 0 Å². The molecule has 0 bridgehead atoms. The maximum absolute atomic E-state index is 14.4. The molecule has 3 aromatic carbocycles. The van der Waals surface area contributed by atoms with E-state index in [9.17, 15) is 49.8 Å². The van der Waals surface area contributed by atoms with Crippen molar-refractivity contribution in [3.8, 4) is 0 Å². The standard InChI is InChI=1S/C64H102N2O7.C40H78N2O10/c1-7-9-11-13-15-17-19-20-21-23-25-36-44-59(70-48-56-40-32-28-33-41-56)63(71-49-57-42-34-29-35-43-57)58(65-61(67)46-66(6)62(68)45-37-26-24-22-18-16-14-12-10-8-2)50-72-64-54(5)52(3)53(4)60(73-64)51-69-47-55-38-30-27-31-39-55;1-4-6-8-10-12-14-16-17-18-20-22-24-26-32(44)36(47)31(30-51-40-39(50)38(49)37(48)33(29-43)52-40)41-34(45)28-42(3)35(46)27-25-23-21-19-15-13-11-9-7-5-2/h27-35,38-43,52-54,58-60,63-64H,7-26,36-37,44-51H2,1-6H3,(H,65,67);31-33,36-40,43-44,47-50H,4-30H2,1-3H3,(H,41,45)/t52-,53+,54?,58-,59+,60?,63-,64-;31-,32+,33?,36-,37-,38-,39?,40-/m00/s1. The fraction of sp³-hybridized carbons (Fsp3) is 0.788. The normalized spacial score (nSPS) is 20.4. The Morgan fingerprint density at radius 2 is 0.736 bits per heavy atom. The van der Waals surface area contributed by atoms with Crippen LogP contribution in [0.2, 0.25) is 0 Å². The summed E-state index contributed by atoms with van der Waals surface area (Å²) in [5.41, 5.74) is 3.24. The van der Waals surface area contributed by atoms with Crippen LogP contribution < -0.4 is 10.6 Å². The Kier molecular flexibility index (Phi) is 65.3. The predicted molar refractivity (Wildman–Crippen MR) is 503 cm³/mol. The summed E-state index contributed by atoms with van der Waals surface area (Å²) in [6.45, 7) is 16.2. The van der Waals surface area contributed by atoms with Crippen LogP contribution in [0.3, 0.4) is 0 Å². The lowest BCUT2D eigenvalue weighted by Crippen LogP contribution is -2.60. The van der Waals surface area contributed by atoms with Crippen LogP contribution in [0.15, 0.2) is 91.0 Å². The molecule has 4 unspecified atom stereocenters. The van der Waals surface area contributed by atoms with Crippen molar-refractivity contribution >= 4 is 23.6 Å². The molecule has 0 radical (unpaired) electrons. The van der Waals surface area contributed by atoms with Gasteiger partial charge in [0.2, 0.25) is 23.6 Å². The topological polar surface area (TPSA) is 285 Å². The third kappa shape index (κ3) is 50.9. The summed E-state index contributed by atoms with van der Waals surface area (Å²) in [7, 11) is 3.29. The third-order valence-electron chi connectivity index (χ3n) is 25.8.